The van der Waals surface area contributed by atoms with Crippen molar-refractivity contribution in [1.29, 1.82) is 0 Å². The van der Waals surface area contributed by atoms with E-state index in [9.17, 15) is 0 Å². The molecule has 3 rings (SSSR count). The zero-order chi connectivity index (χ0) is 16.9. The fourth-order valence-electron chi connectivity index (χ4n) is 2.39. The third-order valence-corrected chi connectivity index (χ3v) is 3.70. The van der Waals surface area contributed by atoms with Crippen molar-refractivity contribution in [2.45, 2.75) is 6.54 Å². The summed E-state index contributed by atoms with van der Waals surface area (Å²) in [5.74, 6) is 2.96. The van der Waals surface area contributed by atoms with Crippen molar-refractivity contribution in [3.8, 4) is 17.2 Å². The second-order valence-corrected chi connectivity index (χ2v) is 5.14. The maximum atomic E-state index is 5.40. The lowest BCUT2D eigenvalue weighted by Crippen LogP contribution is -2.04. The summed E-state index contributed by atoms with van der Waals surface area (Å²) in [7, 11) is 4.90. The third kappa shape index (κ3) is 3.32. The summed E-state index contributed by atoms with van der Waals surface area (Å²) in [6.07, 6.45) is 1.71. The van der Waals surface area contributed by atoms with Crippen molar-refractivity contribution in [3.05, 3.63) is 48.2 Å². The highest BCUT2D eigenvalue weighted by Crippen LogP contribution is 2.25. The van der Waals surface area contributed by atoms with Crippen LogP contribution in [-0.2, 0) is 6.54 Å². The van der Waals surface area contributed by atoms with Crippen LogP contribution < -0.4 is 19.5 Å². The topological polar surface area (TPSA) is 65.5 Å². The van der Waals surface area contributed by atoms with Gasteiger partial charge in [0, 0.05) is 24.2 Å². The Labute approximate surface area is 140 Å². The predicted molar refractivity (Wildman–Crippen MR) is 93.0 cm³/mol. The molecule has 2 aromatic carbocycles. The van der Waals surface area contributed by atoms with E-state index >= 15 is 0 Å². The maximum absolute atomic E-state index is 5.40. The first kappa shape index (κ1) is 15.9. The number of nitrogens with zero attached hydrogens (tertiary/aromatic N) is 2. The number of anilines is 1. The number of rotatable bonds is 6. The van der Waals surface area contributed by atoms with Gasteiger partial charge in [-0.25, -0.2) is 4.98 Å². The van der Waals surface area contributed by atoms with Gasteiger partial charge in [-0.3, -0.25) is 4.98 Å². The van der Waals surface area contributed by atoms with Gasteiger partial charge in [0.05, 0.1) is 38.6 Å². The molecule has 0 unspecified atom stereocenters. The van der Waals surface area contributed by atoms with Crippen LogP contribution in [0.5, 0.6) is 17.2 Å². The minimum absolute atomic E-state index is 0.567. The van der Waals surface area contributed by atoms with E-state index in [0.717, 1.165) is 33.8 Å². The molecule has 0 bridgehead atoms. The molecule has 124 valence electrons. The molecule has 6 heteroatoms. The van der Waals surface area contributed by atoms with Crippen LogP contribution >= 0.6 is 0 Å². The molecular weight excluding hydrogens is 306 g/mol. The number of ether oxygens (including phenoxy) is 3. The normalized spacial score (nSPS) is 10.5. The van der Waals surface area contributed by atoms with E-state index in [1.54, 1.807) is 27.5 Å². The number of hydrogen-bond acceptors (Lipinski definition) is 6. The van der Waals surface area contributed by atoms with E-state index in [4.69, 9.17) is 14.2 Å². The molecular formula is C18H19N3O3. The van der Waals surface area contributed by atoms with Gasteiger partial charge in [-0.15, -0.1) is 0 Å². The van der Waals surface area contributed by atoms with E-state index in [0.29, 0.717) is 12.4 Å². The molecule has 0 saturated heterocycles. The molecule has 0 aliphatic carbocycles. The summed E-state index contributed by atoms with van der Waals surface area (Å²) >= 11 is 0. The molecule has 0 saturated carbocycles. The highest BCUT2D eigenvalue weighted by atomic mass is 16.5. The number of benzene rings is 2. The lowest BCUT2D eigenvalue weighted by atomic mass is 10.2. The molecule has 0 radical (unpaired) electrons. The average Bonchev–Trinajstić information content (AvgIpc) is 2.65. The van der Waals surface area contributed by atoms with E-state index in [1.807, 2.05) is 36.4 Å². The molecule has 0 spiro atoms. The molecule has 0 aliphatic rings. The number of methoxy groups -OCH3 is 3. The first-order valence-electron chi connectivity index (χ1n) is 7.49. The van der Waals surface area contributed by atoms with Crippen molar-refractivity contribution in [1.82, 2.24) is 9.97 Å². The van der Waals surface area contributed by atoms with Crippen LogP contribution in [0.25, 0.3) is 11.0 Å². The Bertz CT molecular complexity index is 852. The van der Waals surface area contributed by atoms with Crippen molar-refractivity contribution in [2.75, 3.05) is 26.6 Å². The number of hydrogen-bond donors (Lipinski definition) is 1. The monoisotopic (exact) mass is 325 g/mol. The number of fused-ring (bicyclic) bond motifs is 1. The van der Waals surface area contributed by atoms with Gasteiger partial charge >= 0.3 is 0 Å². The Morgan fingerprint density at radius 1 is 0.875 bits per heavy atom. The second kappa shape index (κ2) is 7.04. The van der Waals surface area contributed by atoms with E-state index in [-0.39, 0.29) is 0 Å². The summed E-state index contributed by atoms with van der Waals surface area (Å²) in [6.45, 7) is 0.567. The van der Waals surface area contributed by atoms with E-state index in [2.05, 4.69) is 15.3 Å². The molecule has 1 aromatic heterocycles. The number of nitrogens with one attached hydrogen (secondary N) is 1. The van der Waals surface area contributed by atoms with Gasteiger partial charge in [0.2, 0.25) is 0 Å². The molecule has 1 N–H and O–H groups in total. The summed E-state index contributed by atoms with van der Waals surface area (Å²) in [4.78, 5) is 8.98. The van der Waals surface area contributed by atoms with Crippen molar-refractivity contribution in [2.24, 2.45) is 0 Å². The van der Waals surface area contributed by atoms with E-state index in [1.165, 1.54) is 0 Å². The van der Waals surface area contributed by atoms with Crippen molar-refractivity contribution in [3.63, 3.8) is 0 Å². The molecule has 0 fully saturated rings. The van der Waals surface area contributed by atoms with Crippen molar-refractivity contribution < 1.29 is 14.2 Å². The van der Waals surface area contributed by atoms with Crippen LogP contribution in [0.3, 0.4) is 0 Å². The van der Waals surface area contributed by atoms with E-state index < -0.39 is 0 Å². The Kier molecular flexibility index (Phi) is 4.65. The minimum Gasteiger partial charge on any atom is -0.497 e. The summed E-state index contributed by atoms with van der Waals surface area (Å²) in [6, 6.07) is 11.3. The van der Waals surface area contributed by atoms with Gasteiger partial charge in [0.15, 0.2) is 0 Å². The Balaban J connectivity index is 1.80. The molecule has 6 nitrogen and oxygen atoms in total. The Morgan fingerprint density at radius 3 is 2.38 bits per heavy atom. The fraction of sp³-hybridized carbons (Fsp3) is 0.222. The smallest absolute Gasteiger partial charge is 0.145 e. The molecule has 0 amide bonds. The Morgan fingerprint density at radius 2 is 1.62 bits per heavy atom. The first-order valence-corrected chi connectivity index (χ1v) is 7.49. The summed E-state index contributed by atoms with van der Waals surface area (Å²) in [5.41, 5.74) is 2.61. The van der Waals surface area contributed by atoms with Crippen LogP contribution in [-0.4, -0.2) is 31.3 Å². The summed E-state index contributed by atoms with van der Waals surface area (Å²) < 4.78 is 15.8. The molecule has 1 heterocycles. The summed E-state index contributed by atoms with van der Waals surface area (Å²) in [5, 5.41) is 3.27. The van der Waals surface area contributed by atoms with Gasteiger partial charge < -0.3 is 19.5 Å². The predicted octanol–water partition coefficient (Wildman–Crippen LogP) is 3.27. The van der Waals surface area contributed by atoms with Crippen LogP contribution in [0.2, 0.25) is 0 Å². The lowest BCUT2D eigenvalue weighted by Gasteiger charge is -2.12. The second-order valence-electron chi connectivity index (χ2n) is 5.14. The largest absolute Gasteiger partial charge is 0.497 e. The van der Waals surface area contributed by atoms with Crippen LogP contribution in [0.4, 0.5) is 5.82 Å². The molecule has 0 aliphatic heterocycles. The standard InChI is InChI=1S/C18H19N3O3/c1-22-13-6-7-15-16(8-13)21-18(11-19-15)20-10-12-4-5-14(23-2)9-17(12)24-3/h4-9,11H,10H2,1-3H3,(H,20,21). The SMILES string of the molecule is COc1ccc(CNc2cnc3ccc(OC)cc3n2)c(OC)c1. The lowest BCUT2D eigenvalue weighted by molar-refractivity contribution is 0.391. The van der Waals surface area contributed by atoms with Gasteiger partial charge in [-0.1, -0.05) is 0 Å². The minimum atomic E-state index is 0.567. The fourth-order valence-corrected chi connectivity index (χ4v) is 2.39. The zero-order valence-electron chi connectivity index (χ0n) is 13.9. The average molecular weight is 325 g/mol. The zero-order valence-corrected chi connectivity index (χ0v) is 13.9. The first-order chi connectivity index (χ1) is 11.7. The van der Waals surface area contributed by atoms with Crippen LogP contribution in [0.15, 0.2) is 42.6 Å². The highest BCUT2D eigenvalue weighted by molar-refractivity contribution is 5.77. The van der Waals surface area contributed by atoms with Crippen molar-refractivity contribution >= 4 is 16.9 Å². The molecule has 0 atom stereocenters. The number of aromatic nitrogens is 2. The van der Waals surface area contributed by atoms with Crippen LogP contribution in [0, 0.1) is 0 Å². The van der Waals surface area contributed by atoms with Crippen LogP contribution in [0.1, 0.15) is 5.56 Å². The maximum Gasteiger partial charge on any atom is 0.145 e. The van der Waals surface area contributed by atoms with Gasteiger partial charge in [0.1, 0.15) is 23.1 Å². The van der Waals surface area contributed by atoms with Gasteiger partial charge in [0.25, 0.3) is 0 Å². The quantitative estimate of drug-likeness (QED) is 0.750. The Hall–Kier alpha value is -3.02. The van der Waals surface area contributed by atoms with Gasteiger partial charge in [-0.2, -0.15) is 0 Å². The highest BCUT2D eigenvalue weighted by Gasteiger charge is 2.06. The molecule has 3 aromatic rings. The molecule has 24 heavy (non-hydrogen) atoms. The third-order valence-electron chi connectivity index (χ3n) is 3.70. The van der Waals surface area contributed by atoms with Gasteiger partial charge in [-0.05, 0) is 24.3 Å².